The van der Waals surface area contributed by atoms with Crippen molar-refractivity contribution in [1.29, 1.82) is 0 Å². The van der Waals surface area contributed by atoms with Crippen molar-refractivity contribution in [3.8, 4) is 67.5 Å². The summed E-state index contributed by atoms with van der Waals surface area (Å²) >= 11 is 0. The Morgan fingerprint density at radius 2 is 0.872 bits per heavy atom. The van der Waals surface area contributed by atoms with Gasteiger partial charge in [0.2, 0.25) is 0 Å². The monoisotopic (exact) mass is 602 g/mol. The molecule has 0 aliphatic heterocycles. The molecule has 0 spiro atoms. The highest BCUT2D eigenvalue weighted by atomic mass is 15.0. The molecule has 1 aliphatic rings. The lowest BCUT2D eigenvalue weighted by Crippen LogP contribution is -2.14. The van der Waals surface area contributed by atoms with Crippen LogP contribution >= 0.6 is 0 Å². The molecule has 4 nitrogen and oxygen atoms in total. The maximum atomic E-state index is 7.48. The molecule has 1 aliphatic carbocycles. The Balaban J connectivity index is 1.15. The van der Waals surface area contributed by atoms with E-state index in [1.807, 2.05) is 48.5 Å². The molecular formula is C43H30N4. The van der Waals surface area contributed by atoms with Gasteiger partial charge in [0.15, 0.2) is 23.2 Å². The van der Waals surface area contributed by atoms with E-state index in [0.717, 1.165) is 38.9 Å². The summed E-state index contributed by atoms with van der Waals surface area (Å²) in [6.07, 6.45) is 0. The Kier molecular flexibility index (Phi) is 6.82. The Bertz CT molecular complexity index is 2300. The van der Waals surface area contributed by atoms with Crippen LogP contribution < -0.4 is 0 Å². The van der Waals surface area contributed by atoms with Crippen LogP contribution in [0.4, 0.5) is 5.69 Å². The molecule has 0 radical (unpaired) electrons. The van der Waals surface area contributed by atoms with E-state index < -0.39 is 0 Å². The zero-order valence-corrected chi connectivity index (χ0v) is 26.1. The van der Waals surface area contributed by atoms with E-state index in [-0.39, 0.29) is 5.41 Å². The number of rotatable bonds is 5. The maximum Gasteiger partial charge on any atom is 0.187 e. The normalized spacial score (nSPS) is 12.6. The Labute approximate surface area is 274 Å². The lowest BCUT2D eigenvalue weighted by atomic mass is 9.81. The van der Waals surface area contributed by atoms with Gasteiger partial charge in [0.1, 0.15) is 0 Å². The van der Waals surface area contributed by atoms with Crippen LogP contribution in [0, 0.1) is 6.57 Å². The highest BCUT2D eigenvalue weighted by Crippen LogP contribution is 2.50. The Morgan fingerprint density at radius 3 is 1.43 bits per heavy atom. The predicted molar refractivity (Wildman–Crippen MR) is 191 cm³/mol. The molecule has 0 saturated carbocycles. The van der Waals surface area contributed by atoms with E-state index in [1.165, 1.54) is 22.3 Å². The SMILES string of the molecule is [C-]#[N+]c1ccc2c(c1)-c1ccc(-c3ccc(-c4nc(-c5ccccc5)nc(-c5ccc(-c6ccccc6)cc5)n4)cc3)cc1C2(C)C. The zero-order valence-electron chi connectivity index (χ0n) is 26.1. The molecule has 0 atom stereocenters. The van der Waals surface area contributed by atoms with Gasteiger partial charge in [-0.15, -0.1) is 0 Å². The third kappa shape index (κ3) is 5.09. The van der Waals surface area contributed by atoms with Gasteiger partial charge < -0.3 is 0 Å². The topological polar surface area (TPSA) is 43.0 Å². The first kappa shape index (κ1) is 28.3. The quantitative estimate of drug-likeness (QED) is 0.184. The van der Waals surface area contributed by atoms with Gasteiger partial charge in [-0.05, 0) is 56.6 Å². The van der Waals surface area contributed by atoms with Crippen LogP contribution in [0.1, 0.15) is 25.0 Å². The van der Waals surface area contributed by atoms with Gasteiger partial charge in [-0.25, -0.2) is 19.8 Å². The number of benzene rings is 6. The molecule has 6 aromatic carbocycles. The molecule has 8 rings (SSSR count). The van der Waals surface area contributed by atoms with Crippen molar-refractivity contribution >= 4 is 5.69 Å². The van der Waals surface area contributed by atoms with E-state index in [2.05, 4.69) is 116 Å². The van der Waals surface area contributed by atoms with Crippen LogP contribution in [0.5, 0.6) is 0 Å². The summed E-state index contributed by atoms with van der Waals surface area (Å²) in [6.45, 7) is 12.0. The minimum atomic E-state index is -0.143. The number of hydrogen-bond donors (Lipinski definition) is 0. The van der Waals surface area contributed by atoms with Crippen molar-refractivity contribution in [2.75, 3.05) is 0 Å². The predicted octanol–water partition coefficient (Wildman–Crippen LogP) is 11.1. The summed E-state index contributed by atoms with van der Waals surface area (Å²) in [4.78, 5) is 18.5. The molecule has 4 heteroatoms. The summed E-state index contributed by atoms with van der Waals surface area (Å²) in [7, 11) is 0. The number of aromatic nitrogens is 3. The van der Waals surface area contributed by atoms with Crippen molar-refractivity contribution in [2.24, 2.45) is 0 Å². The van der Waals surface area contributed by atoms with Crippen LogP contribution in [0.15, 0.2) is 146 Å². The largest absolute Gasteiger partial charge is 0.238 e. The smallest absolute Gasteiger partial charge is 0.187 e. The first-order chi connectivity index (χ1) is 23.0. The van der Waals surface area contributed by atoms with Crippen LogP contribution in [-0.2, 0) is 5.41 Å². The van der Waals surface area contributed by atoms with Crippen LogP contribution in [-0.4, -0.2) is 15.0 Å². The van der Waals surface area contributed by atoms with Crippen molar-refractivity contribution in [2.45, 2.75) is 19.3 Å². The minimum Gasteiger partial charge on any atom is -0.238 e. The molecule has 0 unspecified atom stereocenters. The summed E-state index contributed by atoms with van der Waals surface area (Å²) in [6, 6.07) is 50.0. The second-order valence-corrected chi connectivity index (χ2v) is 12.4. The van der Waals surface area contributed by atoms with Crippen molar-refractivity contribution in [1.82, 2.24) is 15.0 Å². The van der Waals surface area contributed by atoms with E-state index in [1.54, 1.807) is 0 Å². The highest BCUT2D eigenvalue weighted by molar-refractivity contribution is 5.85. The van der Waals surface area contributed by atoms with E-state index in [0.29, 0.717) is 23.2 Å². The number of fused-ring (bicyclic) bond motifs is 3. The second kappa shape index (κ2) is 11.3. The van der Waals surface area contributed by atoms with Gasteiger partial charge in [0.05, 0.1) is 6.57 Å². The molecule has 1 heterocycles. The molecule has 0 fully saturated rings. The first-order valence-electron chi connectivity index (χ1n) is 15.7. The summed E-state index contributed by atoms with van der Waals surface area (Å²) in [5, 5.41) is 0. The number of nitrogens with zero attached hydrogens (tertiary/aromatic N) is 4. The van der Waals surface area contributed by atoms with Gasteiger partial charge in [0, 0.05) is 22.1 Å². The molecular weight excluding hydrogens is 573 g/mol. The fourth-order valence-corrected chi connectivity index (χ4v) is 6.60. The molecule has 1 aromatic heterocycles. The van der Waals surface area contributed by atoms with Crippen molar-refractivity contribution < 1.29 is 0 Å². The lowest BCUT2D eigenvalue weighted by Gasteiger charge is -2.22. The van der Waals surface area contributed by atoms with E-state index in [9.17, 15) is 0 Å². The zero-order chi connectivity index (χ0) is 32.0. The average molecular weight is 603 g/mol. The fraction of sp³-hybridized carbons (Fsp3) is 0.0698. The van der Waals surface area contributed by atoms with Gasteiger partial charge in [0.25, 0.3) is 0 Å². The molecule has 47 heavy (non-hydrogen) atoms. The van der Waals surface area contributed by atoms with E-state index in [4.69, 9.17) is 21.5 Å². The molecule has 222 valence electrons. The molecule has 0 N–H and O–H groups in total. The standard InChI is InChI=1S/C43H30N4/c1-43(2)38-25-23-35(44-3)27-37(38)36-24-22-34(26-39(36)43)30-16-20-33(21-17-30)42-46-40(31-12-8-5-9-13-31)45-41(47-42)32-18-14-29(15-19-32)28-10-6-4-7-11-28/h4-27H,1-2H3. The van der Waals surface area contributed by atoms with Crippen LogP contribution in [0.3, 0.4) is 0 Å². The van der Waals surface area contributed by atoms with Gasteiger partial charge in [-0.3, -0.25) is 0 Å². The van der Waals surface area contributed by atoms with Gasteiger partial charge in [-0.2, -0.15) is 0 Å². The summed E-state index contributed by atoms with van der Waals surface area (Å²) in [5.74, 6) is 1.91. The Morgan fingerprint density at radius 1 is 0.426 bits per heavy atom. The highest BCUT2D eigenvalue weighted by Gasteiger charge is 2.35. The minimum absolute atomic E-state index is 0.143. The van der Waals surface area contributed by atoms with Gasteiger partial charge >= 0.3 is 0 Å². The van der Waals surface area contributed by atoms with Crippen LogP contribution in [0.25, 0.3) is 72.4 Å². The number of hydrogen-bond acceptors (Lipinski definition) is 3. The second-order valence-electron chi connectivity index (χ2n) is 12.4. The lowest BCUT2D eigenvalue weighted by molar-refractivity contribution is 0.661. The van der Waals surface area contributed by atoms with Crippen molar-refractivity contribution in [3.63, 3.8) is 0 Å². The Hall–Kier alpha value is -6.18. The fourth-order valence-electron chi connectivity index (χ4n) is 6.60. The third-order valence-corrected chi connectivity index (χ3v) is 9.18. The van der Waals surface area contributed by atoms with Crippen LogP contribution in [0.2, 0.25) is 0 Å². The summed E-state index contributed by atoms with van der Waals surface area (Å²) in [5.41, 5.74) is 12.9. The first-order valence-corrected chi connectivity index (χ1v) is 15.7. The molecule has 7 aromatic rings. The van der Waals surface area contributed by atoms with Gasteiger partial charge in [-0.1, -0.05) is 147 Å². The molecule has 0 saturated heterocycles. The summed E-state index contributed by atoms with van der Waals surface area (Å²) < 4.78 is 0. The van der Waals surface area contributed by atoms with E-state index >= 15 is 0 Å². The maximum absolute atomic E-state index is 7.48. The molecule has 0 amide bonds. The molecule has 0 bridgehead atoms. The average Bonchev–Trinajstić information content (AvgIpc) is 3.37. The third-order valence-electron chi connectivity index (χ3n) is 9.18. The van der Waals surface area contributed by atoms with Crippen molar-refractivity contribution in [3.05, 3.63) is 168 Å².